The average molecular weight is 322 g/mol. The molecule has 4 rings (SSSR count). The molecule has 5 heteroatoms. The second kappa shape index (κ2) is 5.92. The number of carbonyl (C=O) groups excluding carboxylic acids is 1. The van der Waals surface area contributed by atoms with Crippen molar-refractivity contribution in [2.75, 3.05) is 6.54 Å². The number of hydrogen-bond donors (Lipinski definition) is 0. The molecule has 120 valence electrons. The highest BCUT2D eigenvalue weighted by molar-refractivity contribution is 5.94. The van der Waals surface area contributed by atoms with Gasteiger partial charge in [0.05, 0.1) is 6.04 Å². The Labute approximate surface area is 138 Å². The molecular formula is C19H15FN2O2. The molecule has 2 heterocycles. The normalized spacial score (nSPS) is 16.7. The zero-order valence-corrected chi connectivity index (χ0v) is 12.9. The van der Waals surface area contributed by atoms with Crippen molar-refractivity contribution in [1.29, 1.82) is 0 Å². The van der Waals surface area contributed by atoms with Gasteiger partial charge in [-0.05, 0) is 24.1 Å². The van der Waals surface area contributed by atoms with Gasteiger partial charge in [-0.3, -0.25) is 4.79 Å². The van der Waals surface area contributed by atoms with Crippen LogP contribution in [0.2, 0.25) is 0 Å². The van der Waals surface area contributed by atoms with E-state index >= 15 is 0 Å². The molecule has 1 atom stereocenters. The highest BCUT2D eigenvalue weighted by atomic mass is 19.1. The number of amides is 1. The average Bonchev–Trinajstić information content (AvgIpc) is 3.07. The number of nitrogens with zero attached hydrogens (tertiary/aromatic N) is 2. The first kappa shape index (κ1) is 14.6. The summed E-state index contributed by atoms with van der Waals surface area (Å²) >= 11 is 0. The molecule has 2 aromatic carbocycles. The number of hydrogen-bond acceptors (Lipinski definition) is 3. The van der Waals surface area contributed by atoms with E-state index in [1.165, 1.54) is 12.1 Å². The molecule has 1 amide bonds. The van der Waals surface area contributed by atoms with Crippen LogP contribution in [-0.2, 0) is 0 Å². The Balaban J connectivity index is 1.54. The second-order valence-corrected chi connectivity index (χ2v) is 5.80. The summed E-state index contributed by atoms with van der Waals surface area (Å²) in [5, 5.41) is 3.91. The third-order valence-corrected chi connectivity index (χ3v) is 4.32. The van der Waals surface area contributed by atoms with Crippen LogP contribution in [0.1, 0.15) is 28.5 Å². The van der Waals surface area contributed by atoms with Gasteiger partial charge in [-0.2, -0.15) is 0 Å². The summed E-state index contributed by atoms with van der Waals surface area (Å²) in [5.74, 6) is 0.124. The van der Waals surface area contributed by atoms with Gasteiger partial charge in [0, 0.05) is 18.2 Å². The van der Waals surface area contributed by atoms with Crippen LogP contribution < -0.4 is 0 Å². The quantitative estimate of drug-likeness (QED) is 0.730. The van der Waals surface area contributed by atoms with Crippen LogP contribution >= 0.6 is 0 Å². The summed E-state index contributed by atoms with van der Waals surface area (Å²) in [7, 11) is 0. The van der Waals surface area contributed by atoms with E-state index in [1.54, 1.807) is 23.1 Å². The van der Waals surface area contributed by atoms with Gasteiger partial charge in [-0.1, -0.05) is 47.6 Å². The topological polar surface area (TPSA) is 46.3 Å². The summed E-state index contributed by atoms with van der Waals surface area (Å²) in [6, 6.07) is 17.4. The lowest BCUT2D eigenvalue weighted by Gasteiger charge is -2.40. The minimum atomic E-state index is -0.278. The van der Waals surface area contributed by atoms with E-state index in [9.17, 15) is 9.18 Å². The fraction of sp³-hybridized carbons (Fsp3) is 0.158. The Morgan fingerprint density at radius 3 is 2.54 bits per heavy atom. The minimum absolute atomic E-state index is 0.0324. The Kier molecular flexibility index (Phi) is 3.61. The predicted octanol–water partition coefficient (Wildman–Crippen LogP) is 4.07. The predicted molar refractivity (Wildman–Crippen MR) is 86.7 cm³/mol. The highest BCUT2D eigenvalue weighted by Crippen LogP contribution is 2.34. The maximum absolute atomic E-state index is 13.1. The van der Waals surface area contributed by atoms with Crippen LogP contribution in [0, 0.1) is 5.82 Å². The molecule has 1 aliphatic rings. The van der Waals surface area contributed by atoms with Gasteiger partial charge in [-0.25, -0.2) is 4.39 Å². The number of halogens is 1. The first-order valence-corrected chi connectivity index (χ1v) is 7.81. The number of benzene rings is 2. The summed E-state index contributed by atoms with van der Waals surface area (Å²) in [5.41, 5.74) is 2.10. The molecule has 1 unspecified atom stereocenters. The van der Waals surface area contributed by atoms with Gasteiger partial charge < -0.3 is 9.42 Å². The molecule has 1 saturated heterocycles. The highest BCUT2D eigenvalue weighted by Gasteiger charge is 2.35. The van der Waals surface area contributed by atoms with Crippen LogP contribution in [-0.4, -0.2) is 22.5 Å². The van der Waals surface area contributed by atoms with Crippen molar-refractivity contribution < 1.29 is 13.7 Å². The molecule has 0 radical (unpaired) electrons. The molecule has 0 N–H and O–H groups in total. The Morgan fingerprint density at radius 2 is 1.88 bits per heavy atom. The van der Waals surface area contributed by atoms with Crippen LogP contribution in [0.4, 0.5) is 4.39 Å². The van der Waals surface area contributed by atoms with Crippen molar-refractivity contribution in [3.8, 4) is 11.3 Å². The fourth-order valence-electron chi connectivity index (χ4n) is 2.92. The SMILES string of the molecule is O=C(c1cc(-c2ccccc2)on1)N1CCC1c1ccc(F)cc1. The third-order valence-electron chi connectivity index (χ3n) is 4.32. The number of rotatable bonds is 3. The fourth-order valence-corrected chi connectivity index (χ4v) is 2.92. The lowest BCUT2D eigenvalue weighted by Crippen LogP contribution is -2.45. The van der Waals surface area contributed by atoms with E-state index in [2.05, 4.69) is 5.16 Å². The first-order chi connectivity index (χ1) is 11.7. The van der Waals surface area contributed by atoms with E-state index in [0.29, 0.717) is 18.0 Å². The van der Waals surface area contributed by atoms with Crippen molar-refractivity contribution in [2.24, 2.45) is 0 Å². The Morgan fingerprint density at radius 1 is 1.12 bits per heavy atom. The van der Waals surface area contributed by atoms with Gasteiger partial charge in [-0.15, -0.1) is 0 Å². The molecule has 3 aromatic rings. The molecule has 0 spiro atoms. The first-order valence-electron chi connectivity index (χ1n) is 7.81. The maximum atomic E-state index is 13.1. The Hall–Kier alpha value is -2.95. The molecule has 0 bridgehead atoms. The molecule has 1 fully saturated rings. The largest absolute Gasteiger partial charge is 0.355 e. The molecule has 4 nitrogen and oxygen atoms in total. The standard InChI is InChI=1S/C19H15FN2O2/c20-15-8-6-13(7-9-15)17-10-11-22(17)19(23)16-12-18(24-21-16)14-4-2-1-3-5-14/h1-9,12,17H,10-11H2. The molecule has 0 saturated carbocycles. The van der Waals surface area contributed by atoms with Crippen molar-refractivity contribution in [2.45, 2.75) is 12.5 Å². The molecule has 1 aliphatic heterocycles. The van der Waals surface area contributed by atoms with E-state index in [1.807, 2.05) is 30.3 Å². The van der Waals surface area contributed by atoms with Crippen molar-refractivity contribution in [3.05, 3.63) is 77.7 Å². The third kappa shape index (κ3) is 2.58. The zero-order valence-electron chi connectivity index (χ0n) is 12.9. The smallest absolute Gasteiger partial charge is 0.276 e. The van der Waals surface area contributed by atoms with Crippen molar-refractivity contribution >= 4 is 5.91 Å². The lowest BCUT2D eigenvalue weighted by molar-refractivity contribution is 0.0450. The second-order valence-electron chi connectivity index (χ2n) is 5.80. The van der Waals surface area contributed by atoms with Crippen LogP contribution in [0.5, 0.6) is 0 Å². The van der Waals surface area contributed by atoms with Gasteiger partial charge >= 0.3 is 0 Å². The van der Waals surface area contributed by atoms with E-state index < -0.39 is 0 Å². The number of likely N-dealkylation sites (tertiary alicyclic amines) is 1. The van der Waals surface area contributed by atoms with Crippen molar-refractivity contribution in [1.82, 2.24) is 10.1 Å². The summed E-state index contributed by atoms with van der Waals surface area (Å²) in [6.07, 6.45) is 0.862. The van der Waals surface area contributed by atoms with Crippen molar-refractivity contribution in [3.63, 3.8) is 0 Å². The van der Waals surface area contributed by atoms with Gasteiger partial charge in [0.1, 0.15) is 5.82 Å². The van der Waals surface area contributed by atoms with Crippen LogP contribution in [0.3, 0.4) is 0 Å². The molecular weight excluding hydrogens is 307 g/mol. The lowest BCUT2D eigenvalue weighted by atomic mass is 9.94. The molecule has 24 heavy (non-hydrogen) atoms. The van der Waals surface area contributed by atoms with Gasteiger partial charge in [0.15, 0.2) is 11.5 Å². The molecule has 0 aliphatic carbocycles. The summed E-state index contributed by atoms with van der Waals surface area (Å²) in [4.78, 5) is 14.4. The van der Waals surface area contributed by atoms with Crippen LogP contribution in [0.15, 0.2) is 65.2 Å². The van der Waals surface area contributed by atoms with Crippen LogP contribution in [0.25, 0.3) is 11.3 Å². The summed E-state index contributed by atoms with van der Waals surface area (Å²) < 4.78 is 18.4. The molecule has 1 aromatic heterocycles. The zero-order chi connectivity index (χ0) is 16.5. The maximum Gasteiger partial charge on any atom is 0.276 e. The Bertz CT molecular complexity index is 859. The minimum Gasteiger partial charge on any atom is -0.355 e. The number of aromatic nitrogens is 1. The monoisotopic (exact) mass is 322 g/mol. The number of carbonyl (C=O) groups is 1. The van der Waals surface area contributed by atoms with E-state index in [0.717, 1.165) is 17.5 Å². The van der Waals surface area contributed by atoms with E-state index in [4.69, 9.17) is 4.52 Å². The van der Waals surface area contributed by atoms with Gasteiger partial charge in [0.25, 0.3) is 5.91 Å². The summed E-state index contributed by atoms with van der Waals surface area (Å²) in [6.45, 7) is 0.661. The van der Waals surface area contributed by atoms with E-state index in [-0.39, 0.29) is 17.8 Å². The van der Waals surface area contributed by atoms with Gasteiger partial charge in [0.2, 0.25) is 0 Å².